The molecule has 1 rings (SSSR count). The molecule has 0 aromatic carbocycles. The van der Waals surface area contributed by atoms with E-state index in [-0.39, 0.29) is 12.2 Å². The van der Waals surface area contributed by atoms with E-state index in [0.29, 0.717) is 5.69 Å². The molecule has 0 aliphatic rings. The molecule has 0 atom stereocenters. The highest BCUT2D eigenvalue weighted by molar-refractivity contribution is 5.83. The summed E-state index contributed by atoms with van der Waals surface area (Å²) in [6.07, 6.45) is 1.49. The predicted octanol–water partition coefficient (Wildman–Crippen LogP) is 0.174. The van der Waals surface area contributed by atoms with Gasteiger partial charge in [-0.05, 0) is 0 Å². The summed E-state index contributed by atoms with van der Waals surface area (Å²) in [5, 5.41) is 16.6. The molecule has 0 amide bonds. The van der Waals surface area contributed by atoms with E-state index in [1.807, 2.05) is 6.07 Å². The minimum absolute atomic E-state index is 0.129. The molecule has 0 aliphatic carbocycles. The van der Waals surface area contributed by atoms with Crippen LogP contribution in [0.4, 0.5) is 0 Å². The maximum Gasteiger partial charge on any atom is 0.371 e. The van der Waals surface area contributed by atoms with E-state index in [4.69, 9.17) is 10.4 Å². The highest BCUT2D eigenvalue weighted by Gasteiger charge is 2.06. The largest absolute Gasteiger partial charge is 0.475 e. The van der Waals surface area contributed by atoms with Gasteiger partial charge in [0.15, 0.2) is 0 Å². The first-order valence-corrected chi connectivity index (χ1v) is 2.88. The first kappa shape index (κ1) is 7.28. The van der Waals surface area contributed by atoms with Crippen molar-refractivity contribution in [2.45, 2.75) is 6.42 Å². The molecular formula is C6H5N3O2. The van der Waals surface area contributed by atoms with E-state index < -0.39 is 5.97 Å². The van der Waals surface area contributed by atoms with E-state index in [2.05, 4.69) is 9.97 Å². The van der Waals surface area contributed by atoms with Gasteiger partial charge in [0.25, 0.3) is 0 Å². The number of rotatable bonds is 2. The molecule has 0 radical (unpaired) electrons. The summed E-state index contributed by atoms with van der Waals surface area (Å²) in [4.78, 5) is 16.3. The summed E-state index contributed by atoms with van der Waals surface area (Å²) >= 11 is 0. The van der Waals surface area contributed by atoms with Crippen LogP contribution in [0.2, 0.25) is 0 Å². The van der Waals surface area contributed by atoms with Gasteiger partial charge in [-0.3, -0.25) is 0 Å². The zero-order chi connectivity index (χ0) is 8.27. The summed E-state index contributed by atoms with van der Waals surface area (Å²) in [6, 6.07) is 1.87. The number of nitrogens with one attached hydrogen (secondary N) is 1. The number of nitriles is 1. The van der Waals surface area contributed by atoms with Crippen molar-refractivity contribution in [3.8, 4) is 6.07 Å². The van der Waals surface area contributed by atoms with Gasteiger partial charge in [0, 0.05) is 11.9 Å². The number of nitrogens with zero attached hydrogens (tertiary/aromatic N) is 2. The fourth-order valence-electron chi connectivity index (χ4n) is 0.643. The summed E-state index contributed by atoms with van der Waals surface area (Å²) in [6.45, 7) is 0. The molecule has 2 N–H and O–H groups in total. The smallest absolute Gasteiger partial charge is 0.371 e. The Kier molecular flexibility index (Phi) is 1.88. The van der Waals surface area contributed by atoms with Gasteiger partial charge in [0.05, 0.1) is 12.5 Å². The zero-order valence-electron chi connectivity index (χ0n) is 5.53. The van der Waals surface area contributed by atoms with Crippen molar-refractivity contribution in [3.63, 3.8) is 0 Å². The van der Waals surface area contributed by atoms with Crippen LogP contribution >= 0.6 is 0 Å². The lowest BCUT2D eigenvalue weighted by Crippen LogP contribution is -1.98. The number of H-pyrrole nitrogens is 1. The van der Waals surface area contributed by atoms with Crippen molar-refractivity contribution in [2.24, 2.45) is 0 Å². The van der Waals surface area contributed by atoms with Gasteiger partial charge in [-0.25, -0.2) is 9.78 Å². The normalized spacial score (nSPS) is 9.00. The Balaban J connectivity index is 2.83. The second-order valence-corrected chi connectivity index (χ2v) is 1.90. The van der Waals surface area contributed by atoms with Crippen molar-refractivity contribution in [3.05, 3.63) is 17.7 Å². The molecule has 56 valence electrons. The maximum atomic E-state index is 10.2. The molecule has 0 spiro atoms. The Labute approximate surface area is 62.3 Å². The number of hydrogen-bond donors (Lipinski definition) is 2. The Morgan fingerprint density at radius 3 is 3.09 bits per heavy atom. The van der Waals surface area contributed by atoms with Gasteiger partial charge in [-0.2, -0.15) is 5.26 Å². The van der Waals surface area contributed by atoms with Gasteiger partial charge in [0.1, 0.15) is 0 Å². The first-order valence-electron chi connectivity index (χ1n) is 2.88. The topological polar surface area (TPSA) is 89.8 Å². The fourth-order valence-corrected chi connectivity index (χ4v) is 0.643. The molecule has 11 heavy (non-hydrogen) atoms. The molecule has 1 aromatic heterocycles. The molecule has 5 heteroatoms. The number of carbonyl (C=O) groups is 1. The van der Waals surface area contributed by atoms with Crippen LogP contribution < -0.4 is 0 Å². The molecule has 1 heterocycles. The van der Waals surface area contributed by atoms with E-state index in [1.165, 1.54) is 6.20 Å². The number of carboxylic acids is 1. The van der Waals surface area contributed by atoms with Crippen LogP contribution in [0.15, 0.2) is 6.20 Å². The van der Waals surface area contributed by atoms with Gasteiger partial charge in [-0.1, -0.05) is 0 Å². The predicted molar refractivity (Wildman–Crippen MR) is 34.9 cm³/mol. The number of hydrogen-bond acceptors (Lipinski definition) is 3. The molecule has 0 saturated heterocycles. The van der Waals surface area contributed by atoms with Gasteiger partial charge in [-0.15, -0.1) is 0 Å². The van der Waals surface area contributed by atoms with Crippen molar-refractivity contribution >= 4 is 5.97 Å². The molecule has 0 fully saturated rings. The zero-order valence-corrected chi connectivity index (χ0v) is 5.53. The van der Waals surface area contributed by atoms with Crippen molar-refractivity contribution in [1.29, 1.82) is 5.26 Å². The van der Waals surface area contributed by atoms with E-state index in [0.717, 1.165) is 0 Å². The van der Waals surface area contributed by atoms with Crippen LogP contribution in [-0.4, -0.2) is 21.0 Å². The lowest BCUT2D eigenvalue weighted by atomic mass is 10.4. The average molecular weight is 151 g/mol. The minimum atomic E-state index is -1.12. The fraction of sp³-hybridized carbons (Fsp3) is 0.167. The monoisotopic (exact) mass is 151 g/mol. The number of aromatic carboxylic acids is 1. The highest BCUT2D eigenvalue weighted by Crippen LogP contribution is 1.96. The molecule has 0 unspecified atom stereocenters. The number of aromatic amines is 1. The van der Waals surface area contributed by atoms with Gasteiger partial charge in [0.2, 0.25) is 5.82 Å². The van der Waals surface area contributed by atoms with Crippen LogP contribution in [0.1, 0.15) is 16.3 Å². The SMILES string of the molecule is N#CCc1cnc(C(=O)O)[nH]1. The molecule has 1 aromatic rings. The van der Waals surface area contributed by atoms with Crippen LogP contribution in [0.5, 0.6) is 0 Å². The van der Waals surface area contributed by atoms with Gasteiger partial charge < -0.3 is 10.1 Å². The third-order valence-electron chi connectivity index (χ3n) is 1.10. The summed E-state index contributed by atoms with van der Waals surface area (Å²) in [5.74, 6) is -1.25. The molecule has 0 bridgehead atoms. The average Bonchev–Trinajstić information content (AvgIpc) is 2.37. The number of imidazole rings is 1. The number of carboxylic acid groups (broad SMARTS) is 1. The Morgan fingerprint density at radius 1 is 1.91 bits per heavy atom. The highest BCUT2D eigenvalue weighted by atomic mass is 16.4. The van der Waals surface area contributed by atoms with Crippen LogP contribution in [0.25, 0.3) is 0 Å². The summed E-state index contributed by atoms with van der Waals surface area (Å²) < 4.78 is 0. The van der Waals surface area contributed by atoms with Crippen LogP contribution in [0.3, 0.4) is 0 Å². The van der Waals surface area contributed by atoms with Crippen molar-refractivity contribution in [2.75, 3.05) is 0 Å². The second-order valence-electron chi connectivity index (χ2n) is 1.90. The lowest BCUT2D eigenvalue weighted by Gasteiger charge is -1.83. The second kappa shape index (κ2) is 2.84. The summed E-state index contributed by atoms with van der Waals surface area (Å²) in [5.41, 5.74) is 0.518. The van der Waals surface area contributed by atoms with Crippen molar-refractivity contribution < 1.29 is 9.90 Å². The van der Waals surface area contributed by atoms with E-state index in [1.54, 1.807) is 0 Å². The number of aromatic nitrogens is 2. The van der Waals surface area contributed by atoms with Crippen LogP contribution in [0, 0.1) is 11.3 Å². The molecular weight excluding hydrogens is 146 g/mol. The third kappa shape index (κ3) is 1.55. The van der Waals surface area contributed by atoms with Gasteiger partial charge >= 0.3 is 5.97 Å². The minimum Gasteiger partial charge on any atom is -0.475 e. The third-order valence-corrected chi connectivity index (χ3v) is 1.10. The molecule has 0 aliphatic heterocycles. The first-order chi connectivity index (χ1) is 5.24. The lowest BCUT2D eigenvalue weighted by molar-refractivity contribution is 0.0684. The Bertz CT molecular complexity index is 310. The van der Waals surface area contributed by atoms with E-state index in [9.17, 15) is 4.79 Å². The Morgan fingerprint density at radius 2 is 2.64 bits per heavy atom. The Hall–Kier alpha value is -1.83. The summed E-state index contributed by atoms with van der Waals surface area (Å²) in [7, 11) is 0. The maximum absolute atomic E-state index is 10.2. The van der Waals surface area contributed by atoms with E-state index >= 15 is 0 Å². The molecule has 0 saturated carbocycles. The quantitative estimate of drug-likeness (QED) is 0.630. The molecule has 5 nitrogen and oxygen atoms in total. The van der Waals surface area contributed by atoms with Crippen molar-refractivity contribution in [1.82, 2.24) is 9.97 Å². The van der Waals surface area contributed by atoms with Crippen LogP contribution in [-0.2, 0) is 6.42 Å². The standard InChI is InChI=1S/C6H5N3O2/c7-2-1-4-3-8-5(9-4)6(10)11/h3H,1H2,(H,8,9)(H,10,11).